The van der Waals surface area contributed by atoms with Gasteiger partial charge in [0, 0.05) is 23.9 Å². The Morgan fingerprint density at radius 3 is 1.58 bits per heavy atom. The summed E-state index contributed by atoms with van der Waals surface area (Å²) in [4.78, 5) is 24.6. The molecule has 4 unspecified atom stereocenters. The van der Waals surface area contributed by atoms with Crippen molar-refractivity contribution in [3.05, 3.63) is 0 Å². The second-order valence-electron chi connectivity index (χ2n) is 10.00. The lowest BCUT2D eigenvalue weighted by molar-refractivity contribution is -0.160. The molecule has 4 atom stereocenters. The van der Waals surface area contributed by atoms with Gasteiger partial charge >= 0.3 is 11.9 Å². The zero-order chi connectivity index (χ0) is 21.9. The third-order valence-corrected chi connectivity index (χ3v) is 7.75. The first-order valence-corrected chi connectivity index (χ1v) is 11.8. The van der Waals surface area contributed by atoms with E-state index in [-0.39, 0.29) is 48.0 Å². The predicted octanol–water partition coefficient (Wildman–Crippen LogP) is -0.192. The van der Waals surface area contributed by atoms with E-state index in [1.54, 1.807) is 0 Å². The van der Waals surface area contributed by atoms with Gasteiger partial charge in [-0.1, -0.05) is 0 Å². The van der Waals surface area contributed by atoms with E-state index in [1.165, 1.54) is 0 Å². The Hall–Kier alpha value is -1.10. The molecule has 4 aliphatic rings. The standard InChI is InChI=1S/C22H38N4O5/c23-17(15-11-21(29-13-15)1-5-25-6-2-21)9-19(27)31-20(28)10-18(24)16-12-22(30-14-16)3-7-26-8-4-22/h15-18,25-26H,1-14,23-24H2. The minimum Gasteiger partial charge on any atom is -0.393 e. The molecule has 2 spiro atoms. The number of esters is 2. The Kier molecular flexibility index (Phi) is 7.30. The van der Waals surface area contributed by atoms with E-state index in [9.17, 15) is 9.59 Å². The van der Waals surface area contributed by atoms with Crippen LogP contribution < -0.4 is 22.1 Å². The van der Waals surface area contributed by atoms with Gasteiger partial charge in [0.25, 0.3) is 0 Å². The Morgan fingerprint density at radius 1 is 0.806 bits per heavy atom. The largest absolute Gasteiger partial charge is 0.393 e. The molecule has 0 amide bonds. The van der Waals surface area contributed by atoms with E-state index >= 15 is 0 Å². The Bertz CT molecular complexity index is 594. The molecular formula is C22H38N4O5. The molecule has 4 saturated heterocycles. The monoisotopic (exact) mass is 438 g/mol. The molecule has 6 N–H and O–H groups in total. The second kappa shape index (κ2) is 9.80. The van der Waals surface area contributed by atoms with Gasteiger partial charge in [0.05, 0.1) is 37.3 Å². The number of ether oxygens (including phenoxy) is 3. The van der Waals surface area contributed by atoms with E-state index in [2.05, 4.69) is 10.6 Å². The first kappa shape index (κ1) is 23.1. The molecule has 31 heavy (non-hydrogen) atoms. The van der Waals surface area contributed by atoms with Crippen LogP contribution in [-0.2, 0) is 23.8 Å². The van der Waals surface area contributed by atoms with Crippen LogP contribution in [0.4, 0.5) is 0 Å². The van der Waals surface area contributed by atoms with E-state index in [1.807, 2.05) is 0 Å². The van der Waals surface area contributed by atoms with Gasteiger partial charge in [-0.2, -0.15) is 0 Å². The third-order valence-electron chi connectivity index (χ3n) is 7.75. The zero-order valence-electron chi connectivity index (χ0n) is 18.4. The maximum atomic E-state index is 12.3. The fourth-order valence-electron chi connectivity index (χ4n) is 5.70. The SMILES string of the molecule is NC(CC(=O)OC(=O)CC(N)C1COC2(CCNCC2)C1)C1COC2(CCNCC2)C1. The van der Waals surface area contributed by atoms with Crippen molar-refractivity contribution in [1.82, 2.24) is 10.6 Å². The van der Waals surface area contributed by atoms with Gasteiger partial charge in [0.1, 0.15) is 0 Å². The lowest BCUT2D eigenvalue weighted by Crippen LogP contribution is -2.42. The Labute approximate surface area is 184 Å². The Balaban J connectivity index is 1.18. The molecule has 0 aromatic carbocycles. The van der Waals surface area contributed by atoms with Gasteiger partial charge in [-0.15, -0.1) is 0 Å². The molecule has 176 valence electrons. The van der Waals surface area contributed by atoms with Gasteiger partial charge < -0.3 is 36.3 Å². The first-order chi connectivity index (χ1) is 14.9. The molecule has 9 heteroatoms. The predicted molar refractivity (Wildman–Crippen MR) is 114 cm³/mol. The summed E-state index contributed by atoms with van der Waals surface area (Å²) >= 11 is 0. The zero-order valence-corrected chi connectivity index (χ0v) is 18.4. The molecule has 4 fully saturated rings. The minimum absolute atomic E-state index is 0.0198. The minimum atomic E-state index is -0.576. The van der Waals surface area contributed by atoms with Crippen LogP contribution in [0.15, 0.2) is 0 Å². The van der Waals surface area contributed by atoms with Crippen LogP contribution in [-0.4, -0.2) is 74.6 Å². The third kappa shape index (κ3) is 5.64. The van der Waals surface area contributed by atoms with Crippen molar-refractivity contribution in [3.8, 4) is 0 Å². The maximum Gasteiger partial charge on any atom is 0.315 e. The fraction of sp³-hybridized carbons (Fsp3) is 0.909. The molecule has 9 nitrogen and oxygen atoms in total. The van der Waals surface area contributed by atoms with Gasteiger partial charge in [0.2, 0.25) is 0 Å². The van der Waals surface area contributed by atoms with Crippen LogP contribution in [0.5, 0.6) is 0 Å². The van der Waals surface area contributed by atoms with Gasteiger partial charge in [-0.3, -0.25) is 9.59 Å². The molecule has 4 aliphatic heterocycles. The molecule has 4 rings (SSSR count). The van der Waals surface area contributed by atoms with Crippen LogP contribution in [0, 0.1) is 11.8 Å². The van der Waals surface area contributed by atoms with Gasteiger partial charge in [-0.05, 0) is 64.7 Å². The van der Waals surface area contributed by atoms with Crippen molar-refractivity contribution >= 4 is 11.9 Å². The first-order valence-electron chi connectivity index (χ1n) is 11.8. The fourth-order valence-corrected chi connectivity index (χ4v) is 5.70. The number of hydrogen-bond donors (Lipinski definition) is 4. The number of carbonyl (C=O) groups excluding carboxylic acids is 2. The van der Waals surface area contributed by atoms with Crippen molar-refractivity contribution in [3.63, 3.8) is 0 Å². The summed E-state index contributed by atoms with van der Waals surface area (Å²) in [5.41, 5.74) is 12.3. The molecule has 4 heterocycles. The summed E-state index contributed by atoms with van der Waals surface area (Å²) in [6, 6.07) is -0.738. The number of piperidine rings is 2. The van der Waals surface area contributed by atoms with Gasteiger partial charge in [-0.25, -0.2) is 0 Å². The van der Waals surface area contributed by atoms with Crippen molar-refractivity contribution < 1.29 is 23.8 Å². The normalized spacial score (nSPS) is 31.5. The lowest BCUT2D eigenvalue weighted by Gasteiger charge is -2.33. The summed E-state index contributed by atoms with van der Waals surface area (Å²) in [6.07, 6.45) is 5.65. The number of rotatable bonds is 6. The van der Waals surface area contributed by atoms with Crippen LogP contribution in [0.25, 0.3) is 0 Å². The average Bonchev–Trinajstić information content (AvgIpc) is 3.34. The molecule has 0 radical (unpaired) electrons. The Morgan fingerprint density at radius 2 is 1.19 bits per heavy atom. The lowest BCUT2D eigenvalue weighted by atomic mass is 9.83. The molecule has 0 saturated carbocycles. The van der Waals surface area contributed by atoms with E-state index in [4.69, 9.17) is 25.7 Å². The summed E-state index contributed by atoms with van der Waals surface area (Å²) in [5, 5.41) is 6.69. The summed E-state index contributed by atoms with van der Waals surface area (Å²) < 4.78 is 17.2. The summed E-state index contributed by atoms with van der Waals surface area (Å²) in [5.74, 6) is -0.929. The van der Waals surface area contributed by atoms with Crippen molar-refractivity contribution in [2.24, 2.45) is 23.3 Å². The van der Waals surface area contributed by atoms with Gasteiger partial charge in [0.15, 0.2) is 0 Å². The topological polar surface area (TPSA) is 138 Å². The highest BCUT2D eigenvalue weighted by Gasteiger charge is 2.44. The van der Waals surface area contributed by atoms with Crippen LogP contribution in [0.1, 0.15) is 51.4 Å². The number of carbonyl (C=O) groups is 2. The average molecular weight is 439 g/mol. The number of nitrogens with one attached hydrogen (secondary N) is 2. The van der Waals surface area contributed by atoms with Crippen LogP contribution in [0.2, 0.25) is 0 Å². The second-order valence-corrected chi connectivity index (χ2v) is 10.00. The molecule has 0 bridgehead atoms. The quantitative estimate of drug-likeness (QED) is 0.328. The highest BCUT2D eigenvalue weighted by Crippen LogP contribution is 2.39. The van der Waals surface area contributed by atoms with Crippen LogP contribution >= 0.6 is 0 Å². The number of nitrogens with two attached hydrogens (primary N) is 2. The number of hydrogen-bond acceptors (Lipinski definition) is 9. The smallest absolute Gasteiger partial charge is 0.315 e. The van der Waals surface area contributed by atoms with E-state index in [0.717, 1.165) is 64.7 Å². The van der Waals surface area contributed by atoms with Crippen molar-refractivity contribution in [2.75, 3.05) is 39.4 Å². The summed E-state index contributed by atoms with van der Waals surface area (Å²) in [7, 11) is 0. The highest BCUT2D eigenvalue weighted by molar-refractivity contribution is 5.86. The molecule has 0 aliphatic carbocycles. The summed E-state index contributed by atoms with van der Waals surface area (Å²) in [6.45, 7) is 4.91. The van der Waals surface area contributed by atoms with E-state index in [0.29, 0.717) is 13.2 Å². The maximum absolute atomic E-state index is 12.3. The highest BCUT2D eigenvalue weighted by atomic mass is 16.6. The molecular weight excluding hydrogens is 400 g/mol. The van der Waals surface area contributed by atoms with E-state index < -0.39 is 11.9 Å². The molecule has 0 aromatic rings. The van der Waals surface area contributed by atoms with Crippen molar-refractivity contribution in [2.45, 2.75) is 74.7 Å². The molecule has 0 aromatic heterocycles. The van der Waals surface area contributed by atoms with Crippen molar-refractivity contribution in [1.29, 1.82) is 0 Å². The van der Waals surface area contributed by atoms with Crippen LogP contribution in [0.3, 0.4) is 0 Å².